The molecule has 0 rings (SSSR count). The van der Waals surface area contributed by atoms with Crippen molar-refractivity contribution in [1.82, 2.24) is 4.90 Å². The lowest BCUT2D eigenvalue weighted by atomic mass is 10.1. The largest absolute Gasteiger partial charge is 0.342 e. The van der Waals surface area contributed by atoms with E-state index >= 15 is 0 Å². The highest BCUT2D eigenvalue weighted by Gasteiger charge is 2.13. The Balaban J connectivity index is 4.02. The molecule has 0 aliphatic rings. The van der Waals surface area contributed by atoms with Gasteiger partial charge in [0.05, 0.1) is 0 Å². The molecule has 2 N–H and O–H groups in total. The zero-order valence-corrected chi connectivity index (χ0v) is 10.5. The minimum Gasteiger partial charge on any atom is -0.342 e. The minimum absolute atomic E-state index is 0.291. The van der Waals surface area contributed by atoms with E-state index in [0.717, 1.165) is 32.4 Å². The van der Waals surface area contributed by atoms with Crippen LogP contribution in [-0.2, 0) is 4.79 Å². The van der Waals surface area contributed by atoms with Crippen LogP contribution in [0.2, 0.25) is 0 Å². The van der Waals surface area contributed by atoms with E-state index in [1.807, 2.05) is 4.90 Å². The van der Waals surface area contributed by atoms with Crippen molar-refractivity contribution in [2.45, 2.75) is 46.5 Å². The van der Waals surface area contributed by atoms with Gasteiger partial charge in [0.15, 0.2) is 0 Å². The molecule has 0 aromatic heterocycles. The maximum Gasteiger partial charge on any atom is 0.222 e. The number of nitrogens with zero attached hydrogens (tertiary/aromatic N) is 1. The van der Waals surface area contributed by atoms with Crippen LogP contribution >= 0.6 is 0 Å². The predicted molar refractivity (Wildman–Crippen MR) is 64.6 cm³/mol. The van der Waals surface area contributed by atoms with Gasteiger partial charge in [0.25, 0.3) is 0 Å². The Morgan fingerprint density at radius 1 is 1.33 bits per heavy atom. The number of amides is 1. The molecule has 0 saturated heterocycles. The fourth-order valence-electron chi connectivity index (χ4n) is 1.53. The minimum atomic E-state index is 0.291. The third kappa shape index (κ3) is 7.37. The lowest BCUT2D eigenvalue weighted by Crippen LogP contribution is -2.35. The normalized spacial score (nSPS) is 10.7. The summed E-state index contributed by atoms with van der Waals surface area (Å²) in [4.78, 5) is 13.8. The van der Waals surface area contributed by atoms with E-state index in [4.69, 9.17) is 5.73 Å². The quantitative estimate of drug-likeness (QED) is 0.672. The highest BCUT2D eigenvalue weighted by molar-refractivity contribution is 5.76. The Kier molecular flexibility index (Phi) is 8.38. The van der Waals surface area contributed by atoms with Crippen molar-refractivity contribution in [1.29, 1.82) is 0 Å². The zero-order chi connectivity index (χ0) is 11.7. The van der Waals surface area contributed by atoms with E-state index in [1.54, 1.807) is 0 Å². The number of rotatable bonds is 8. The molecule has 15 heavy (non-hydrogen) atoms. The van der Waals surface area contributed by atoms with E-state index in [-0.39, 0.29) is 0 Å². The molecule has 0 spiro atoms. The summed E-state index contributed by atoms with van der Waals surface area (Å²) in [6.07, 6.45) is 3.67. The molecule has 0 aromatic rings. The van der Waals surface area contributed by atoms with E-state index in [1.165, 1.54) is 0 Å². The number of nitrogens with two attached hydrogens (primary N) is 1. The second kappa shape index (κ2) is 8.72. The van der Waals surface area contributed by atoms with Crippen LogP contribution in [0.25, 0.3) is 0 Å². The summed E-state index contributed by atoms with van der Waals surface area (Å²) in [6, 6.07) is 0. The molecule has 0 heterocycles. The molecule has 0 aromatic carbocycles. The van der Waals surface area contributed by atoms with E-state index < -0.39 is 0 Å². The Morgan fingerprint density at radius 3 is 2.47 bits per heavy atom. The molecule has 0 unspecified atom stereocenters. The molecule has 90 valence electrons. The van der Waals surface area contributed by atoms with Gasteiger partial charge in [-0.3, -0.25) is 4.79 Å². The molecule has 0 aliphatic heterocycles. The van der Waals surface area contributed by atoms with Crippen molar-refractivity contribution >= 4 is 5.91 Å². The van der Waals surface area contributed by atoms with E-state index in [9.17, 15) is 4.79 Å². The van der Waals surface area contributed by atoms with Crippen LogP contribution in [0.5, 0.6) is 0 Å². The van der Waals surface area contributed by atoms with Gasteiger partial charge in [-0.2, -0.15) is 0 Å². The topological polar surface area (TPSA) is 46.3 Å². The van der Waals surface area contributed by atoms with Crippen LogP contribution in [0.1, 0.15) is 46.5 Å². The number of carbonyl (C=O) groups excluding carboxylic acids is 1. The lowest BCUT2D eigenvalue weighted by Gasteiger charge is -2.24. The first kappa shape index (κ1) is 14.4. The van der Waals surface area contributed by atoms with Gasteiger partial charge in [0.1, 0.15) is 0 Å². The van der Waals surface area contributed by atoms with Crippen LogP contribution < -0.4 is 5.73 Å². The fourth-order valence-corrected chi connectivity index (χ4v) is 1.53. The number of carbonyl (C=O) groups is 1. The second-order valence-electron chi connectivity index (χ2n) is 4.48. The third-order valence-corrected chi connectivity index (χ3v) is 2.31. The standard InChI is InChI=1S/C12H26N2O/c1-4-5-7-12(15)14(9-6-8-13)10-11(2)3/h11H,4-10,13H2,1-3H3. The van der Waals surface area contributed by atoms with E-state index in [0.29, 0.717) is 24.8 Å². The maximum absolute atomic E-state index is 11.8. The van der Waals surface area contributed by atoms with Crippen LogP contribution in [0.15, 0.2) is 0 Å². The highest BCUT2D eigenvalue weighted by Crippen LogP contribution is 2.05. The fraction of sp³-hybridized carbons (Fsp3) is 0.917. The first-order valence-corrected chi connectivity index (χ1v) is 6.09. The van der Waals surface area contributed by atoms with Gasteiger partial charge in [0.2, 0.25) is 5.91 Å². The molecule has 0 atom stereocenters. The number of hydrogen-bond acceptors (Lipinski definition) is 2. The average molecular weight is 214 g/mol. The lowest BCUT2D eigenvalue weighted by molar-refractivity contribution is -0.131. The summed E-state index contributed by atoms with van der Waals surface area (Å²) >= 11 is 0. The van der Waals surface area contributed by atoms with Crippen molar-refractivity contribution < 1.29 is 4.79 Å². The maximum atomic E-state index is 11.8. The molecule has 3 nitrogen and oxygen atoms in total. The third-order valence-electron chi connectivity index (χ3n) is 2.31. The van der Waals surface area contributed by atoms with Crippen molar-refractivity contribution in [2.24, 2.45) is 11.7 Å². The average Bonchev–Trinajstić information content (AvgIpc) is 2.20. The van der Waals surface area contributed by atoms with Crippen LogP contribution in [-0.4, -0.2) is 30.4 Å². The van der Waals surface area contributed by atoms with Crippen molar-refractivity contribution in [3.63, 3.8) is 0 Å². The molecular formula is C12H26N2O. The first-order valence-electron chi connectivity index (χ1n) is 6.09. The Bertz CT molecular complexity index is 169. The van der Waals surface area contributed by atoms with Crippen LogP contribution in [0, 0.1) is 5.92 Å². The van der Waals surface area contributed by atoms with Crippen LogP contribution in [0.4, 0.5) is 0 Å². The summed E-state index contributed by atoms with van der Waals surface area (Å²) in [5, 5.41) is 0. The Hall–Kier alpha value is -0.570. The van der Waals surface area contributed by atoms with Gasteiger partial charge in [-0.25, -0.2) is 0 Å². The summed E-state index contributed by atoms with van der Waals surface area (Å²) < 4.78 is 0. The smallest absolute Gasteiger partial charge is 0.222 e. The number of unbranched alkanes of at least 4 members (excludes halogenated alkanes) is 1. The molecule has 3 heteroatoms. The van der Waals surface area contributed by atoms with Gasteiger partial charge in [-0.15, -0.1) is 0 Å². The highest BCUT2D eigenvalue weighted by atomic mass is 16.2. The summed E-state index contributed by atoms with van der Waals surface area (Å²) in [7, 11) is 0. The Morgan fingerprint density at radius 2 is 2.00 bits per heavy atom. The predicted octanol–water partition coefficient (Wildman–Crippen LogP) is 2.01. The molecule has 1 amide bonds. The molecule has 0 aliphatic carbocycles. The van der Waals surface area contributed by atoms with Gasteiger partial charge in [-0.1, -0.05) is 27.2 Å². The molecule has 0 saturated carbocycles. The van der Waals surface area contributed by atoms with Gasteiger partial charge < -0.3 is 10.6 Å². The monoisotopic (exact) mass is 214 g/mol. The van der Waals surface area contributed by atoms with Crippen LogP contribution in [0.3, 0.4) is 0 Å². The molecule has 0 bridgehead atoms. The van der Waals surface area contributed by atoms with Crippen molar-refractivity contribution in [3.05, 3.63) is 0 Å². The van der Waals surface area contributed by atoms with Crippen molar-refractivity contribution in [2.75, 3.05) is 19.6 Å². The van der Waals surface area contributed by atoms with Gasteiger partial charge in [0, 0.05) is 19.5 Å². The number of hydrogen-bond donors (Lipinski definition) is 1. The SMILES string of the molecule is CCCCC(=O)N(CCCN)CC(C)C. The zero-order valence-electron chi connectivity index (χ0n) is 10.5. The molecular weight excluding hydrogens is 188 g/mol. The molecule has 0 radical (unpaired) electrons. The first-order chi connectivity index (χ1) is 7.11. The van der Waals surface area contributed by atoms with Crippen molar-refractivity contribution in [3.8, 4) is 0 Å². The Labute approximate surface area is 94.0 Å². The van der Waals surface area contributed by atoms with E-state index in [2.05, 4.69) is 20.8 Å². The summed E-state index contributed by atoms with van der Waals surface area (Å²) in [6.45, 7) is 8.74. The summed E-state index contributed by atoms with van der Waals surface area (Å²) in [5.41, 5.74) is 5.47. The van der Waals surface area contributed by atoms with Gasteiger partial charge >= 0.3 is 0 Å². The second-order valence-corrected chi connectivity index (χ2v) is 4.48. The molecule has 0 fully saturated rings. The summed E-state index contributed by atoms with van der Waals surface area (Å²) in [5.74, 6) is 0.826. The van der Waals surface area contributed by atoms with Gasteiger partial charge in [-0.05, 0) is 25.3 Å².